The number of nitrogens with one attached hydrogen (secondary N) is 4. The number of hydrogen-bond donors (Lipinski definition) is 4. The van der Waals surface area contributed by atoms with Crippen molar-refractivity contribution in [2.75, 3.05) is 69.1 Å². The molecule has 1 aliphatic carbocycles. The standard InChI is InChI=1S/C64H73ClN10O9S/c1-64(2)25-23-46(53(36-64)44-13-15-47(65)16-14-44)40-72-29-31-73(32-30-72)48-17-19-52(58(34-48)84-49-33-45-24-26-66-60(45)68-38-49)61(77)70-85(82,83)50-18-20-55(57(35-50)75(80)81)67-37-42-9-8-28-71(39-42)27-6-4-3-5-10-43-11-7-12-51-54(43)41-74(63(51)79)56-21-22-59(76)69-62(56)78/h7,11-20,24,26,33-35,38,42,56,67H,3-6,8-10,21-23,25,27-32,36-37,39-41H2,1-2H3,(H,66,68)(H,70,77)(H,69,76,78). The van der Waals surface area contributed by atoms with Crippen LogP contribution in [0.3, 0.4) is 0 Å². The van der Waals surface area contributed by atoms with Gasteiger partial charge in [0.1, 0.15) is 28.9 Å². The molecule has 0 radical (unpaired) electrons. The maximum atomic E-state index is 14.2. The van der Waals surface area contributed by atoms with Gasteiger partial charge >= 0.3 is 0 Å². The minimum atomic E-state index is -4.63. The number of hydrogen-bond acceptors (Lipinski definition) is 14. The number of benzene rings is 4. The van der Waals surface area contributed by atoms with Crippen LogP contribution < -0.4 is 25.0 Å². The van der Waals surface area contributed by atoms with Crippen molar-refractivity contribution in [1.29, 1.82) is 0 Å². The Morgan fingerprint density at radius 2 is 1.72 bits per heavy atom. The van der Waals surface area contributed by atoms with E-state index in [1.54, 1.807) is 35.4 Å². The molecule has 4 amide bonds. The highest BCUT2D eigenvalue weighted by atomic mass is 35.5. The van der Waals surface area contributed by atoms with E-state index in [9.17, 15) is 37.7 Å². The van der Waals surface area contributed by atoms with Crippen molar-refractivity contribution in [3.8, 4) is 11.5 Å². The van der Waals surface area contributed by atoms with Gasteiger partial charge in [0.05, 0.1) is 21.6 Å². The lowest BCUT2D eigenvalue weighted by atomic mass is 9.72. The number of sulfonamides is 1. The van der Waals surface area contributed by atoms with Crippen molar-refractivity contribution in [2.45, 2.75) is 108 Å². The van der Waals surface area contributed by atoms with Crippen LogP contribution in [0.15, 0.2) is 114 Å². The second-order valence-corrected chi connectivity index (χ2v) is 26.2. The van der Waals surface area contributed by atoms with Crippen molar-refractivity contribution in [3.05, 3.63) is 152 Å². The fourth-order valence-corrected chi connectivity index (χ4v) is 14.0. The molecule has 5 aliphatic rings. The van der Waals surface area contributed by atoms with Crippen LogP contribution in [-0.4, -0.2) is 127 Å². The molecule has 4 N–H and O–H groups in total. The van der Waals surface area contributed by atoms with Gasteiger partial charge in [0.2, 0.25) is 11.8 Å². The average molecular weight is 1190 g/mol. The van der Waals surface area contributed by atoms with E-state index in [-0.39, 0.29) is 46.6 Å². The van der Waals surface area contributed by atoms with Crippen LogP contribution in [0, 0.1) is 21.4 Å². The summed E-state index contributed by atoms with van der Waals surface area (Å²) in [7, 11) is -4.63. The topological polar surface area (TPSA) is 233 Å². The first-order valence-electron chi connectivity index (χ1n) is 29.7. The quantitative estimate of drug-likeness (QED) is 0.0227. The van der Waals surface area contributed by atoms with Crippen molar-refractivity contribution in [3.63, 3.8) is 0 Å². The minimum absolute atomic E-state index is 0.0513. The molecular weight excluding hydrogens is 1120 g/mol. The molecular formula is C64H73ClN10O9S. The molecule has 2 unspecified atom stereocenters. The summed E-state index contributed by atoms with van der Waals surface area (Å²) in [6, 6.07) is 25.6. The number of fused-ring (bicyclic) bond motifs is 2. The minimum Gasteiger partial charge on any atom is -0.455 e. The zero-order chi connectivity index (χ0) is 59.4. The van der Waals surface area contributed by atoms with Crippen LogP contribution in [-0.2, 0) is 32.6 Å². The van der Waals surface area contributed by atoms with E-state index in [1.165, 1.54) is 35.0 Å². The fourth-order valence-electron chi connectivity index (χ4n) is 12.9. The number of amides is 4. The molecule has 21 heteroatoms. The number of H-pyrrole nitrogens is 1. The number of nitro groups is 1. The van der Waals surface area contributed by atoms with Crippen molar-refractivity contribution >= 4 is 78.9 Å². The molecule has 0 spiro atoms. The lowest BCUT2D eigenvalue weighted by molar-refractivity contribution is -0.384. The third-order valence-electron chi connectivity index (χ3n) is 17.6. The Labute approximate surface area is 500 Å². The van der Waals surface area contributed by atoms with Crippen molar-refractivity contribution in [1.82, 2.24) is 34.7 Å². The molecule has 11 rings (SSSR count). The molecule has 0 saturated carbocycles. The molecule has 4 aliphatic heterocycles. The lowest BCUT2D eigenvalue weighted by Crippen LogP contribution is -2.52. The predicted octanol–water partition coefficient (Wildman–Crippen LogP) is 10.5. The second kappa shape index (κ2) is 25.5. The van der Waals surface area contributed by atoms with Crippen LogP contribution >= 0.6 is 11.6 Å². The maximum absolute atomic E-state index is 14.2. The summed E-state index contributed by atoms with van der Waals surface area (Å²) >= 11 is 6.28. The fraction of sp³-hybridized carbons (Fsp3) is 0.422. The molecule has 0 bridgehead atoms. The maximum Gasteiger partial charge on any atom is 0.293 e. The highest BCUT2D eigenvalue weighted by molar-refractivity contribution is 7.90. The largest absolute Gasteiger partial charge is 0.455 e. The molecule has 3 fully saturated rings. The van der Waals surface area contributed by atoms with Crippen LogP contribution in [0.5, 0.6) is 11.5 Å². The van der Waals surface area contributed by atoms with E-state index in [0.29, 0.717) is 49.6 Å². The third kappa shape index (κ3) is 13.9. The molecule has 4 aromatic carbocycles. The molecule has 19 nitrogen and oxygen atoms in total. The van der Waals surface area contributed by atoms with Gasteiger partial charge in [-0.3, -0.25) is 39.5 Å². The molecule has 6 aromatic rings. The number of likely N-dealkylation sites (tertiary alicyclic amines) is 1. The third-order valence-corrected chi connectivity index (χ3v) is 19.2. The number of anilines is 2. The first-order chi connectivity index (χ1) is 40.9. The summed E-state index contributed by atoms with van der Waals surface area (Å²) < 4.78 is 36.6. The molecule has 85 heavy (non-hydrogen) atoms. The average Bonchev–Trinajstić information content (AvgIpc) is 3.30. The Kier molecular flexibility index (Phi) is 17.7. The van der Waals surface area contributed by atoms with Gasteiger partial charge in [-0.25, -0.2) is 18.1 Å². The number of carbonyl (C=O) groups excluding carboxylic acids is 4. The summed E-state index contributed by atoms with van der Waals surface area (Å²) in [5.41, 5.74) is 8.16. The van der Waals surface area contributed by atoms with Gasteiger partial charge in [0.15, 0.2) is 0 Å². The first kappa shape index (κ1) is 59.1. The molecule has 2 atom stereocenters. The van der Waals surface area contributed by atoms with Gasteiger partial charge in [0, 0.05) is 98.8 Å². The number of aromatic nitrogens is 2. The van der Waals surface area contributed by atoms with E-state index >= 15 is 0 Å². The lowest BCUT2D eigenvalue weighted by Gasteiger charge is -2.39. The smallest absolute Gasteiger partial charge is 0.293 e. The van der Waals surface area contributed by atoms with Gasteiger partial charge in [-0.05, 0) is 159 Å². The van der Waals surface area contributed by atoms with Gasteiger partial charge in [-0.1, -0.05) is 68.1 Å². The normalized spacial score (nSPS) is 19.5. The van der Waals surface area contributed by atoms with E-state index in [1.807, 2.05) is 30.3 Å². The molecule has 2 aromatic heterocycles. The summed E-state index contributed by atoms with van der Waals surface area (Å²) in [5.74, 6) is -1.19. The van der Waals surface area contributed by atoms with Crippen LogP contribution in [0.2, 0.25) is 5.02 Å². The SMILES string of the molecule is CC1(C)CCC(CN2CCN(c3ccc(C(=O)NS(=O)(=O)c4ccc(NCC5CCCN(CCCCCCc6cccc7c6CN(C6CCC(=O)NC6=O)C7=O)C5)c([N+](=O)[O-])c4)c(Oc4cnc5[nH]ccc5c4)c3)CC2)=C(c2ccc(Cl)cc2)C1. The van der Waals surface area contributed by atoms with E-state index in [2.05, 4.69) is 72.1 Å². The Balaban J connectivity index is 0.687. The van der Waals surface area contributed by atoms with Crippen LogP contribution in [0.1, 0.15) is 122 Å². The zero-order valence-corrected chi connectivity index (χ0v) is 49.7. The number of imide groups is 1. The summed E-state index contributed by atoms with van der Waals surface area (Å²) in [6.45, 7) is 12.1. The summed E-state index contributed by atoms with van der Waals surface area (Å²) in [4.78, 5) is 79.5. The number of nitro benzene ring substituents is 1. The Bertz CT molecular complexity index is 3670. The van der Waals surface area contributed by atoms with Crippen molar-refractivity contribution < 1.29 is 37.3 Å². The predicted molar refractivity (Wildman–Crippen MR) is 327 cm³/mol. The number of pyridine rings is 1. The number of carbonyl (C=O) groups is 4. The zero-order valence-electron chi connectivity index (χ0n) is 48.2. The number of ether oxygens (including phenoxy) is 1. The van der Waals surface area contributed by atoms with E-state index < -0.39 is 43.4 Å². The number of allylic oxidation sites excluding steroid dienone is 1. The Morgan fingerprint density at radius 3 is 2.52 bits per heavy atom. The van der Waals surface area contributed by atoms with Crippen LogP contribution in [0.4, 0.5) is 17.1 Å². The number of aryl methyl sites for hydroxylation is 1. The number of nitrogens with zero attached hydrogens (tertiary/aromatic N) is 6. The number of piperazine rings is 1. The highest BCUT2D eigenvalue weighted by Crippen LogP contribution is 2.44. The van der Waals surface area contributed by atoms with Crippen molar-refractivity contribution in [2.24, 2.45) is 11.3 Å². The van der Waals surface area contributed by atoms with Gasteiger partial charge < -0.3 is 29.7 Å². The highest BCUT2D eigenvalue weighted by Gasteiger charge is 2.40. The Hall–Kier alpha value is -7.65. The molecule has 6 heterocycles. The number of halogens is 1. The van der Waals surface area contributed by atoms with Gasteiger partial charge in [-0.2, -0.15) is 0 Å². The van der Waals surface area contributed by atoms with Crippen LogP contribution in [0.25, 0.3) is 16.6 Å². The number of aromatic amines is 1. The molecule has 3 saturated heterocycles. The summed E-state index contributed by atoms with van der Waals surface area (Å²) in [5, 5.41) is 19.6. The monoisotopic (exact) mass is 1190 g/mol. The summed E-state index contributed by atoms with van der Waals surface area (Å²) in [6.07, 6.45) is 13.8. The molecule has 446 valence electrons. The number of rotatable bonds is 21. The number of piperidine rings is 2. The number of unbranched alkanes of at least 4 members (excludes halogenated alkanes) is 3. The second-order valence-electron chi connectivity index (χ2n) is 24.1. The first-order valence-corrected chi connectivity index (χ1v) is 31.6. The van der Waals surface area contributed by atoms with Gasteiger partial charge in [0.25, 0.3) is 27.5 Å². The van der Waals surface area contributed by atoms with E-state index in [4.69, 9.17) is 16.3 Å². The Morgan fingerprint density at radius 1 is 0.906 bits per heavy atom. The van der Waals surface area contributed by atoms with Gasteiger partial charge in [-0.15, -0.1) is 0 Å². The van der Waals surface area contributed by atoms with E-state index in [0.717, 1.165) is 137 Å².